The molecule has 2 fully saturated rings. The van der Waals surface area contributed by atoms with E-state index in [0.29, 0.717) is 39.2 Å². The molecule has 128 valence electrons. The van der Waals surface area contributed by atoms with Crippen LogP contribution in [0.4, 0.5) is 4.39 Å². The van der Waals surface area contributed by atoms with Gasteiger partial charge in [-0.15, -0.1) is 11.3 Å². The zero-order valence-corrected chi connectivity index (χ0v) is 14.1. The van der Waals surface area contributed by atoms with Gasteiger partial charge in [-0.05, 0) is 13.5 Å². The number of thiazole rings is 1. The SMILES string of the molecule is CN1CCOC(C(=O)NC[C@@H]2C[C@H](F)CN2Cc2nccs2)C1. The molecule has 2 saturated heterocycles. The number of carbonyl (C=O) groups is 1. The Bertz CT molecular complexity index is 516. The number of amides is 1. The topological polar surface area (TPSA) is 57.7 Å². The Morgan fingerprint density at radius 3 is 3.17 bits per heavy atom. The van der Waals surface area contributed by atoms with E-state index in [1.807, 2.05) is 12.4 Å². The molecule has 3 rings (SSSR count). The summed E-state index contributed by atoms with van der Waals surface area (Å²) >= 11 is 1.57. The molecule has 0 bridgehead atoms. The number of nitrogens with zero attached hydrogens (tertiary/aromatic N) is 3. The second-order valence-corrected chi connectivity index (χ2v) is 7.19. The zero-order chi connectivity index (χ0) is 16.2. The number of likely N-dealkylation sites (tertiary alicyclic amines) is 1. The minimum atomic E-state index is -0.839. The summed E-state index contributed by atoms with van der Waals surface area (Å²) in [6, 6.07) is 0.0131. The lowest BCUT2D eigenvalue weighted by Crippen LogP contribution is -2.50. The lowest BCUT2D eigenvalue weighted by Gasteiger charge is -2.30. The van der Waals surface area contributed by atoms with E-state index in [9.17, 15) is 9.18 Å². The summed E-state index contributed by atoms with van der Waals surface area (Å²) in [5.74, 6) is -0.104. The van der Waals surface area contributed by atoms with Crippen LogP contribution in [-0.2, 0) is 16.1 Å². The van der Waals surface area contributed by atoms with E-state index < -0.39 is 12.3 Å². The van der Waals surface area contributed by atoms with Crippen LogP contribution >= 0.6 is 11.3 Å². The van der Waals surface area contributed by atoms with Crippen LogP contribution in [0, 0.1) is 0 Å². The largest absolute Gasteiger partial charge is 0.366 e. The Balaban J connectivity index is 1.50. The molecule has 1 amide bonds. The average molecular weight is 342 g/mol. The van der Waals surface area contributed by atoms with Gasteiger partial charge in [0.15, 0.2) is 0 Å². The summed E-state index contributed by atoms with van der Waals surface area (Å²) < 4.78 is 19.3. The van der Waals surface area contributed by atoms with E-state index in [2.05, 4.69) is 20.1 Å². The molecule has 8 heteroatoms. The Labute approximate surface area is 139 Å². The maximum absolute atomic E-state index is 13.8. The van der Waals surface area contributed by atoms with Crippen LogP contribution in [0.1, 0.15) is 11.4 Å². The molecular formula is C15H23FN4O2S. The summed E-state index contributed by atoms with van der Waals surface area (Å²) in [4.78, 5) is 20.6. The molecule has 2 aliphatic heterocycles. The van der Waals surface area contributed by atoms with E-state index in [1.54, 1.807) is 17.5 Å². The number of aromatic nitrogens is 1. The minimum absolute atomic E-state index is 0.0131. The fourth-order valence-electron chi connectivity index (χ4n) is 3.10. The van der Waals surface area contributed by atoms with Gasteiger partial charge >= 0.3 is 0 Å². The monoisotopic (exact) mass is 342 g/mol. The highest BCUT2D eigenvalue weighted by atomic mass is 32.1. The molecular weight excluding hydrogens is 319 g/mol. The lowest BCUT2D eigenvalue weighted by atomic mass is 10.2. The summed E-state index contributed by atoms with van der Waals surface area (Å²) in [6.07, 6.45) is 0.950. The number of hydrogen-bond acceptors (Lipinski definition) is 6. The van der Waals surface area contributed by atoms with Crippen molar-refractivity contribution >= 4 is 17.2 Å². The number of nitrogens with one attached hydrogen (secondary N) is 1. The average Bonchev–Trinajstić information content (AvgIpc) is 3.15. The Morgan fingerprint density at radius 1 is 1.57 bits per heavy atom. The van der Waals surface area contributed by atoms with Crippen LogP contribution in [0.15, 0.2) is 11.6 Å². The molecule has 23 heavy (non-hydrogen) atoms. The van der Waals surface area contributed by atoms with Crippen molar-refractivity contribution in [2.24, 2.45) is 0 Å². The predicted molar refractivity (Wildman–Crippen MR) is 86.1 cm³/mol. The first-order valence-corrected chi connectivity index (χ1v) is 8.84. The van der Waals surface area contributed by atoms with Gasteiger partial charge in [-0.3, -0.25) is 9.69 Å². The van der Waals surface area contributed by atoms with Crippen LogP contribution in [0.5, 0.6) is 0 Å². The van der Waals surface area contributed by atoms with E-state index in [1.165, 1.54) is 0 Å². The maximum Gasteiger partial charge on any atom is 0.250 e. The molecule has 0 aromatic carbocycles. The normalized spacial score (nSPS) is 29.7. The molecule has 1 unspecified atom stereocenters. The Kier molecular flexibility index (Phi) is 5.58. The molecule has 0 aliphatic carbocycles. The quantitative estimate of drug-likeness (QED) is 0.845. The molecule has 3 heterocycles. The van der Waals surface area contributed by atoms with Gasteiger partial charge < -0.3 is 15.0 Å². The molecule has 6 nitrogen and oxygen atoms in total. The molecule has 0 saturated carbocycles. The highest BCUT2D eigenvalue weighted by Gasteiger charge is 2.33. The van der Waals surface area contributed by atoms with Crippen molar-refractivity contribution in [2.45, 2.75) is 31.3 Å². The van der Waals surface area contributed by atoms with Crippen LogP contribution < -0.4 is 5.32 Å². The van der Waals surface area contributed by atoms with Gasteiger partial charge in [-0.2, -0.15) is 0 Å². The number of likely N-dealkylation sites (N-methyl/N-ethyl adjacent to an activating group) is 1. The number of alkyl halides is 1. The first kappa shape index (κ1) is 16.8. The van der Waals surface area contributed by atoms with Gasteiger partial charge in [0.25, 0.3) is 5.91 Å². The smallest absolute Gasteiger partial charge is 0.250 e. The van der Waals surface area contributed by atoms with Crippen molar-refractivity contribution in [1.29, 1.82) is 0 Å². The number of ether oxygens (including phenoxy) is 1. The van der Waals surface area contributed by atoms with Crippen molar-refractivity contribution < 1.29 is 13.9 Å². The van der Waals surface area contributed by atoms with Crippen LogP contribution in [0.25, 0.3) is 0 Å². The molecule has 1 N–H and O–H groups in total. The van der Waals surface area contributed by atoms with Crippen molar-refractivity contribution in [3.05, 3.63) is 16.6 Å². The van der Waals surface area contributed by atoms with Gasteiger partial charge in [0.05, 0.1) is 13.2 Å². The molecule has 1 aromatic heterocycles. The van der Waals surface area contributed by atoms with Gasteiger partial charge in [-0.1, -0.05) is 0 Å². The fourth-order valence-corrected chi connectivity index (χ4v) is 3.74. The second-order valence-electron chi connectivity index (χ2n) is 6.21. The minimum Gasteiger partial charge on any atom is -0.366 e. The zero-order valence-electron chi connectivity index (χ0n) is 13.3. The Morgan fingerprint density at radius 2 is 2.43 bits per heavy atom. The van der Waals surface area contributed by atoms with Crippen LogP contribution in [0.2, 0.25) is 0 Å². The fraction of sp³-hybridized carbons (Fsp3) is 0.733. The summed E-state index contributed by atoms with van der Waals surface area (Å²) in [5, 5.41) is 5.83. The number of carbonyl (C=O) groups excluding carboxylic acids is 1. The first-order chi connectivity index (χ1) is 11.1. The van der Waals surface area contributed by atoms with Crippen molar-refractivity contribution in [3.8, 4) is 0 Å². The summed E-state index contributed by atoms with van der Waals surface area (Å²) in [6.45, 7) is 3.52. The molecule has 1 aromatic rings. The highest BCUT2D eigenvalue weighted by Crippen LogP contribution is 2.23. The van der Waals surface area contributed by atoms with Crippen molar-refractivity contribution in [3.63, 3.8) is 0 Å². The van der Waals surface area contributed by atoms with Gasteiger partial charge in [-0.25, -0.2) is 9.37 Å². The highest BCUT2D eigenvalue weighted by molar-refractivity contribution is 7.09. The Hall–Kier alpha value is -1.09. The second kappa shape index (κ2) is 7.65. The van der Waals surface area contributed by atoms with E-state index in [0.717, 1.165) is 11.6 Å². The van der Waals surface area contributed by atoms with Crippen LogP contribution in [-0.4, -0.2) is 78.8 Å². The third kappa shape index (κ3) is 4.47. The third-order valence-corrected chi connectivity index (χ3v) is 5.14. The van der Waals surface area contributed by atoms with Crippen molar-refractivity contribution in [1.82, 2.24) is 20.1 Å². The molecule has 0 radical (unpaired) electrons. The predicted octanol–water partition coefficient (Wildman–Crippen LogP) is 0.502. The summed E-state index contributed by atoms with van der Waals surface area (Å²) in [7, 11) is 1.98. The molecule has 0 spiro atoms. The standard InChI is InChI=1S/C15H23FN4O2S/c1-19-3-4-22-13(9-19)15(21)18-7-12-6-11(16)8-20(12)10-14-17-2-5-23-14/h2,5,11-13H,3-4,6-10H2,1H3,(H,18,21)/t11-,12-,13?/m0/s1. The lowest BCUT2D eigenvalue weighted by molar-refractivity contribution is -0.138. The number of hydrogen-bond donors (Lipinski definition) is 1. The van der Waals surface area contributed by atoms with Gasteiger partial charge in [0.2, 0.25) is 0 Å². The summed E-state index contributed by atoms with van der Waals surface area (Å²) in [5.41, 5.74) is 0. The maximum atomic E-state index is 13.8. The van der Waals surface area contributed by atoms with Crippen LogP contribution in [0.3, 0.4) is 0 Å². The van der Waals surface area contributed by atoms with E-state index in [-0.39, 0.29) is 11.9 Å². The number of halogens is 1. The molecule has 2 aliphatic rings. The van der Waals surface area contributed by atoms with Gasteiger partial charge in [0, 0.05) is 43.8 Å². The van der Waals surface area contributed by atoms with Crippen molar-refractivity contribution in [2.75, 3.05) is 39.8 Å². The molecule has 3 atom stereocenters. The first-order valence-electron chi connectivity index (χ1n) is 7.96. The number of rotatable bonds is 5. The van der Waals surface area contributed by atoms with Gasteiger partial charge in [0.1, 0.15) is 17.3 Å². The van der Waals surface area contributed by atoms with E-state index in [4.69, 9.17) is 4.74 Å². The van der Waals surface area contributed by atoms with E-state index >= 15 is 0 Å². The third-order valence-electron chi connectivity index (χ3n) is 4.37. The number of morpholine rings is 1.